The fraction of sp³-hybridized carbons (Fsp3) is 0.444. The van der Waals surface area contributed by atoms with E-state index < -0.39 is 29.6 Å². The molecular weight excluding hydrogens is 432 g/mol. The third kappa shape index (κ3) is 4.79. The monoisotopic (exact) mass is 464 g/mol. The number of aliphatic carboxylic acids is 1. The van der Waals surface area contributed by atoms with Crippen molar-refractivity contribution in [2.45, 2.75) is 63.5 Å². The van der Waals surface area contributed by atoms with Gasteiger partial charge in [-0.2, -0.15) is 0 Å². The summed E-state index contributed by atoms with van der Waals surface area (Å²) in [6.07, 6.45) is 2.13. The summed E-state index contributed by atoms with van der Waals surface area (Å²) < 4.78 is 5.65. The zero-order valence-electron chi connectivity index (χ0n) is 19.7. The standard InChI is InChI=1S/C27H32N2O5/c1-17(2)15-23(24(30)31)28-25(32)27(13-7-8-14-27)29-26(33)34-16-22-20-11-5-3-9-18(20)19-10-4-6-12-21(19)22/h3-6,9-12,17,22-23H,7-8,13-16H2,1-2H3,(H,28,32)(H,29,33)(H,30,31)/t23-/m1/s1. The minimum atomic E-state index is -1.15. The second-order valence-electron chi connectivity index (χ2n) is 9.73. The zero-order valence-corrected chi connectivity index (χ0v) is 19.7. The number of fused-ring (bicyclic) bond motifs is 3. The third-order valence-corrected chi connectivity index (χ3v) is 6.89. The number of alkyl carbamates (subject to hydrolysis) is 1. The van der Waals surface area contributed by atoms with Crippen LogP contribution in [0.4, 0.5) is 4.79 Å². The van der Waals surface area contributed by atoms with E-state index in [4.69, 9.17) is 4.74 Å². The van der Waals surface area contributed by atoms with Gasteiger partial charge in [0.2, 0.25) is 5.91 Å². The lowest BCUT2D eigenvalue weighted by molar-refractivity contribution is -0.143. The topological polar surface area (TPSA) is 105 Å². The Morgan fingerprint density at radius 1 is 1.00 bits per heavy atom. The van der Waals surface area contributed by atoms with Crippen molar-refractivity contribution in [2.75, 3.05) is 6.61 Å². The van der Waals surface area contributed by atoms with Gasteiger partial charge in [-0.25, -0.2) is 9.59 Å². The predicted molar refractivity (Wildman–Crippen MR) is 128 cm³/mol. The number of carbonyl (C=O) groups excluding carboxylic acids is 2. The molecule has 2 aliphatic carbocycles. The second-order valence-corrected chi connectivity index (χ2v) is 9.73. The van der Waals surface area contributed by atoms with Gasteiger partial charge in [0.1, 0.15) is 18.2 Å². The van der Waals surface area contributed by atoms with Gasteiger partial charge in [-0.05, 0) is 47.4 Å². The van der Waals surface area contributed by atoms with Crippen molar-refractivity contribution in [2.24, 2.45) is 5.92 Å². The molecule has 2 aromatic carbocycles. The molecule has 3 N–H and O–H groups in total. The predicted octanol–water partition coefficient (Wildman–Crippen LogP) is 4.45. The molecule has 34 heavy (non-hydrogen) atoms. The molecule has 0 heterocycles. The minimum Gasteiger partial charge on any atom is -0.480 e. The summed E-state index contributed by atoms with van der Waals surface area (Å²) in [4.78, 5) is 37.6. The quantitative estimate of drug-likeness (QED) is 0.535. The number of carboxylic acids is 1. The van der Waals surface area contributed by atoms with E-state index in [0.29, 0.717) is 19.3 Å². The van der Waals surface area contributed by atoms with Crippen molar-refractivity contribution < 1.29 is 24.2 Å². The summed E-state index contributed by atoms with van der Waals surface area (Å²) in [7, 11) is 0. The van der Waals surface area contributed by atoms with Crippen molar-refractivity contribution in [3.63, 3.8) is 0 Å². The molecule has 0 unspecified atom stereocenters. The second kappa shape index (κ2) is 9.87. The van der Waals surface area contributed by atoms with Crippen molar-refractivity contribution in [3.05, 3.63) is 59.7 Å². The molecule has 1 fully saturated rings. The highest BCUT2D eigenvalue weighted by atomic mass is 16.5. The molecule has 4 rings (SSSR count). The van der Waals surface area contributed by atoms with E-state index in [0.717, 1.165) is 35.1 Å². The molecule has 0 saturated heterocycles. The molecule has 180 valence electrons. The normalized spacial score (nSPS) is 17.0. The lowest BCUT2D eigenvalue weighted by atomic mass is 9.95. The van der Waals surface area contributed by atoms with Crippen molar-refractivity contribution in [3.8, 4) is 11.1 Å². The van der Waals surface area contributed by atoms with Crippen molar-refractivity contribution in [1.29, 1.82) is 0 Å². The van der Waals surface area contributed by atoms with Crippen molar-refractivity contribution >= 4 is 18.0 Å². The van der Waals surface area contributed by atoms with Gasteiger partial charge in [0.25, 0.3) is 0 Å². The molecule has 0 aromatic heterocycles. The van der Waals surface area contributed by atoms with Gasteiger partial charge in [0.15, 0.2) is 0 Å². The number of rotatable bonds is 8. The molecule has 2 aliphatic rings. The van der Waals surface area contributed by atoms with E-state index in [9.17, 15) is 19.5 Å². The van der Waals surface area contributed by atoms with Crippen LogP contribution in [0, 0.1) is 5.92 Å². The Bertz CT molecular complexity index is 1030. The van der Waals surface area contributed by atoms with Crippen LogP contribution in [0.25, 0.3) is 11.1 Å². The van der Waals surface area contributed by atoms with E-state index in [2.05, 4.69) is 22.8 Å². The molecule has 7 nitrogen and oxygen atoms in total. The Kier molecular flexibility index (Phi) is 6.91. The van der Waals surface area contributed by atoms with Crippen LogP contribution >= 0.6 is 0 Å². The fourth-order valence-corrected chi connectivity index (χ4v) is 5.21. The number of nitrogens with one attached hydrogen (secondary N) is 2. The van der Waals surface area contributed by atoms with Gasteiger partial charge < -0.3 is 20.5 Å². The van der Waals surface area contributed by atoms with Crippen LogP contribution in [0.1, 0.15) is 63.0 Å². The molecule has 0 bridgehead atoms. The largest absolute Gasteiger partial charge is 0.480 e. The maximum Gasteiger partial charge on any atom is 0.408 e. The van der Waals surface area contributed by atoms with Gasteiger partial charge in [0, 0.05) is 5.92 Å². The van der Waals surface area contributed by atoms with Crippen molar-refractivity contribution in [1.82, 2.24) is 10.6 Å². The first-order valence-corrected chi connectivity index (χ1v) is 12.0. The highest BCUT2D eigenvalue weighted by Gasteiger charge is 2.44. The number of carboxylic acid groups (broad SMARTS) is 1. The van der Waals surface area contributed by atoms with Crippen LogP contribution < -0.4 is 10.6 Å². The maximum atomic E-state index is 13.1. The molecule has 1 atom stereocenters. The summed E-state index contributed by atoms with van der Waals surface area (Å²) in [5.74, 6) is -1.49. The first-order valence-electron chi connectivity index (χ1n) is 12.0. The molecule has 7 heteroatoms. The maximum absolute atomic E-state index is 13.1. The van der Waals surface area contributed by atoms with E-state index in [1.807, 2.05) is 50.2 Å². The molecule has 2 aromatic rings. The van der Waals surface area contributed by atoms with Crippen LogP contribution in [0.5, 0.6) is 0 Å². The van der Waals surface area contributed by atoms with Crippen LogP contribution in [0.2, 0.25) is 0 Å². The van der Waals surface area contributed by atoms with E-state index in [1.165, 1.54) is 0 Å². The lowest BCUT2D eigenvalue weighted by Gasteiger charge is -2.30. The van der Waals surface area contributed by atoms with E-state index in [-0.39, 0.29) is 18.4 Å². The SMILES string of the molecule is CC(C)C[C@@H](NC(=O)C1(NC(=O)OCC2c3ccccc3-c3ccccc32)CCCC1)C(=O)O. The molecule has 2 amide bonds. The smallest absolute Gasteiger partial charge is 0.408 e. The van der Waals surface area contributed by atoms with Crippen LogP contribution in [-0.4, -0.2) is 41.3 Å². The van der Waals surface area contributed by atoms with Gasteiger partial charge in [-0.1, -0.05) is 75.2 Å². The van der Waals surface area contributed by atoms with Crippen LogP contribution in [0.3, 0.4) is 0 Å². The highest BCUT2D eigenvalue weighted by molar-refractivity contribution is 5.93. The minimum absolute atomic E-state index is 0.0751. The number of hydrogen-bond acceptors (Lipinski definition) is 4. The molecule has 0 aliphatic heterocycles. The molecule has 0 radical (unpaired) electrons. The summed E-state index contributed by atoms with van der Waals surface area (Å²) in [5, 5.41) is 15.0. The van der Waals surface area contributed by atoms with E-state index in [1.54, 1.807) is 0 Å². The van der Waals surface area contributed by atoms with Crippen LogP contribution in [0.15, 0.2) is 48.5 Å². The Labute approximate surface area is 199 Å². The fourth-order valence-electron chi connectivity index (χ4n) is 5.21. The first kappa shape index (κ1) is 23.8. The zero-order chi connectivity index (χ0) is 24.3. The average molecular weight is 465 g/mol. The van der Waals surface area contributed by atoms with E-state index >= 15 is 0 Å². The van der Waals surface area contributed by atoms with Gasteiger partial charge >= 0.3 is 12.1 Å². The Balaban J connectivity index is 1.44. The molecule has 1 saturated carbocycles. The molecular formula is C27H32N2O5. The van der Waals surface area contributed by atoms with Gasteiger partial charge in [-0.15, -0.1) is 0 Å². The number of hydrogen-bond donors (Lipinski definition) is 3. The Morgan fingerprint density at radius 3 is 2.09 bits per heavy atom. The number of ether oxygens (including phenoxy) is 1. The Morgan fingerprint density at radius 2 is 1.56 bits per heavy atom. The van der Waals surface area contributed by atoms with Gasteiger partial charge in [-0.3, -0.25) is 4.79 Å². The summed E-state index contributed by atoms with van der Waals surface area (Å²) in [5.41, 5.74) is 3.37. The molecule has 0 spiro atoms. The third-order valence-electron chi connectivity index (χ3n) is 6.89. The first-order chi connectivity index (χ1) is 16.3. The van der Waals surface area contributed by atoms with Gasteiger partial charge in [0.05, 0.1) is 0 Å². The average Bonchev–Trinajstić information content (AvgIpc) is 3.40. The highest BCUT2D eigenvalue weighted by Crippen LogP contribution is 2.44. The summed E-state index contributed by atoms with van der Waals surface area (Å²) >= 11 is 0. The van der Waals surface area contributed by atoms with Crippen LogP contribution in [-0.2, 0) is 14.3 Å². The summed E-state index contributed by atoms with van der Waals surface area (Å²) in [6.45, 7) is 3.97. The number of carbonyl (C=O) groups is 3. The number of amides is 2. The Hall–Kier alpha value is -3.35. The lowest BCUT2D eigenvalue weighted by Crippen LogP contribution is -2.60. The number of benzene rings is 2. The summed E-state index contributed by atoms with van der Waals surface area (Å²) in [6, 6.07) is 15.2.